The summed E-state index contributed by atoms with van der Waals surface area (Å²) >= 11 is 0. The maximum absolute atomic E-state index is 5.63. The molecule has 0 aromatic carbocycles. The van der Waals surface area contributed by atoms with Gasteiger partial charge in [-0.3, -0.25) is 10.6 Å². The first-order valence-electron chi connectivity index (χ1n) is 3.67. The van der Waals surface area contributed by atoms with Crippen molar-refractivity contribution in [3.63, 3.8) is 0 Å². The van der Waals surface area contributed by atoms with E-state index in [0.29, 0.717) is 12.2 Å². The molecule has 0 aromatic heterocycles. The number of nitrogens with two attached hydrogens (primary N) is 1. The fraction of sp³-hybridized carbons (Fsp3) is 1.00. The lowest BCUT2D eigenvalue weighted by Crippen LogP contribution is -2.64. The van der Waals surface area contributed by atoms with Crippen molar-refractivity contribution in [3.8, 4) is 0 Å². The molecule has 60 valence electrons. The van der Waals surface area contributed by atoms with Crippen LogP contribution in [0.25, 0.3) is 0 Å². The molecule has 0 radical (unpaired) electrons. The minimum Gasteiger partial charge on any atom is -0.305 e. The molecule has 1 aliphatic heterocycles. The molecular formula is C6H16N4. The summed E-state index contributed by atoms with van der Waals surface area (Å²) in [5, 5.41) is 9.46. The van der Waals surface area contributed by atoms with Crippen LogP contribution in [0.4, 0.5) is 0 Å². The van der Waals surface area contributed by atoms with Crippen molar-refractivity contribution >= 4 is 0 Å². The molecule has 3 unspecified atom stereocenters. The Hall–Kier alpha value is -0.160. The Kier molecular flexibility index (Phi) is 2.62. The van der Waals surface area contributed by atoms with E-state index in [1.165, 1.54) is 0 Å². The average Bonchev–Trinajstić information content (AvgIpc) is 1.85. The van der Waals surface area contributed by atoms with Gasteiger partial charge in [0.1, 0.15) is 6.29 Å². The second-order valence-corrected chi connectivity index (χ2v) is 2.79. The van der Waals surface area contributed by atoms with Gasteiger partial charge in [-0.15, -0.1) is 0 Å². The molecule has 5 N–H and O–H groups in total. The quantitative estimate of drug-likeness (QED) is 0.371. The summed E-state index contributed by atoms with van der Waals surface area (Å²) in [5.74, 6) is 0. The fourth-order valence-corrected chi connectivity index (χ4v) is 1.26. The number of nitrogens with one attached hydrogen (secondary N) is 3. The predicted molar refractivity (Wildman–Crippen MR) is 41.2 cm³/mol. The van der Waals surface area contributed by atoms with Crippen LogP contribution in [0, 0.1) is 0 Å². The Balaban J connectivity index is 2.35. The van der Waals surface area contributed by atoms with Crippen LogP contribution in [-0.2, 0) is 0 Å². The molecule has 1 saturated heterocycles. The topological polar surface area (TPSA) is 62.1 Å². The van der Waals surface area contributed by atoms with E-state index in [4.69, 9.17) is 5.73 Å². The van der Waals surface area contributed by atoms with Crippen LogP contribution in [0.3, 0.4) is 0 Å². The Labute approximate surface area is 61.5 Å². The molecule has 0 spiro atoms. The molecule has 1 rings (SSSR count). The van der Waals surface area contributed by atoms with Gasteiger partial charge in [0.15, 0.2) is 0 Å². The molecule has 3 atom stereocenters. The first kappa shape index (κ1) is 7.94. The highest BCUT2D eigenvalue weighted by Crippen LogP contribution is 1.99. The molecule has 0 aromatic rings. The highest BCUT2D eigenvalue weighted by molar-refractivity contribution is 4.79. The van der Waals surface area contributed by atoms with Crippen molar-refractivity contribution < 1.29 is 0 Å². The summed E-state index contributed by atoms with van der Waals surface area (Å²) in [4.78, 5) is 0. The number of rotatable bonds is 1. The smallest absolute Gasteiger partial charge is 0.110 e. The van der Waals surface area contributed by atoms with Gasteiger partial charge in [-0.1, -0.05) is 0 Å². The highest BCUT2D eigenvalue weighted by Gasteiger charge is 2.20. The normalized spacial score (nSPS) is 41.7. The Morgan fingerprint density at radius 2 is 2.20 bits per heavy atom. The van der Waals surface area contributed by atoms with E-state index in [-0.39, 0.29) is 6.29 Å². The molecule has 0 saturated carbocycles. The minimum atomic E-state index is -0.0683. The lowest BCUT2D eigenvalue weighted by molar-refractivity contribution is 0.236. The van der Waals surface area contributed by atoms with E-state index in [2.05, 4.69) is 22.9 Å². The predicted octanol–water partition coefficient (Wildman–Crippen LogP) is -1.25. The van der Waals surface area contributed by atoms with Crippen LogP contribution >= 0.6 is 0 Å². The monoisotopic (exact) mass is 144 g/mol. The van der Waals surface area contributed by atoms with Gasteiger partial charge in [0, 0.05) is 6.04 Å². The lowest BCUT2D eigenvalue weighted by Gasteiger charge is -2.33. The van der Waals surface area contributed by atoms with E-state index in [9.17, 15) is 0 Å². The first-order chi connectivity index (χ1) is 4.72. The van der Waals surface area contributed by atoms with Crippen molar-refractivity contribution in [2.24, 2.45) is 5.73 Å². The van der Waals surface area contributed by atoms with Gasteiger partial charge in [0.25, 0.3) is 0 Å². The third kappa shape index (κ3) is 1.91. The Bertz CT molecular complexity index is 95.9. The number of hydrogen-bond acceptors (Lipinski definition) is 4. The van der Waals surface area contributed by atoms with Crippen molar-refractivity contribution in [1.82, 2.24) is 16.0 Å². The third-order valence-corrected chi connectivity index (χ3v) is 1.78. The molecule has 1 heterocycles. The minimum absolute atomic E-state index is 0.0683. The molecular weight excluding hydrogens is 128 g/mol. The molecule has 4 heteroatoms. The maximum atomic E-state index is 5.63. The van der Waals surface area contributed by atoms with Gasteiger partial charge in [0.2, 0.25) is 0 Å². The van der Waals surface area contributed by atoms with Crippen LogP contribution in [0.2, 0.25) is 0 Å². The maximum Gasteiger partial charge on any atom is 0.110 e. The summed E-state index contributed by atoms with van der Waals surface area (Å²) in [5.41, 5.74) is 5.63. The zero-order valence-electron chi connectivity index (χ0n) is 6.52. The van der Waals surface area contributed by atoms with Crippen molar-refractivity contribution in [3.05, 3.63) is 0 Å². The van der Waals surface area contributed by atoms with Crippen molar-refractivity contribution in [1.29, 1.82) is 0 Å². The van der Waals surface area contributed by atoms with Crippen LogP contribution in [-0.4, -0.2) is 25.5 Å². The second-order valence-electron chi connectivity index (χ2n) is 2.79. The zero-order chi connectivity index (χ0) is 7.56. The summed E-state index contributed by atoms with van der Waals surface area (Å²) in [6, 6.07) is 0.494. The van der Waals surface area contributed by atoms with Gasteiger partial charge >= 0.3 is 0 Å². The SMILES string of the molecule is CNC1CC(C)NC(N)N1. The van der Waals surface area contributed by atoms with E-state index < -0.39 is 0 Å². The van der Waals surface area contributed by atoms with Gasteiger partial charge in [-0.2, -0.15) is 0 Å². The molecule has 1 fully saturated rings. The van der Waals surface area contributed by atoms with Crippen molar-refractivity contribution in [2.45, 2.75) is 31.8 Å². The van der Waals surface area contributed by atoms with Gasteiger partial charge in [-0.05, 0) is 20.4 Å². The van der Waals surface area contributed by atoms with Crippen LogP contribution in [0.1, 0.15) is 13.3 Å². The summed E-state index contributed by atoms with van der Waals surface area (Å²) in [6.07, 6.45) is 1.36. The first-order valence-corrected chi connectivity index (χ1v) is 3.67. The molecule has 4 nitrogen and oxygen atoms in total. The Morgan fingerprint density at radius 3 is 2.70 bits per heavy atom. The molecule has 10 heavy (non-hydrogen) atoms. The summed E-state index contributed by atoms with van der Waals surface area (Å²) < 4.78 is 0. The lowest BCUT2D eigenvalue weighted by atomic mass is 10.1. The molecule has 0 bridgehead atoms. The van der Waals surface area contributed by atoms with E-state index in [1.54, 1.807) is 0 Å². The standard InChI is InChI=1S/C6H16N4/c1-4-3-5(8-2)10-6(7)9-4/h4-6,8-10H,3,7H2,1-2H3. The van der Waals surface area contributed by atoms with E-state index in [0.717, 1.165) is 6.42 Å². The highest BCUT2D eigenvalue weighted by atomic mass is 15.3. The van der Waals surface area contributed by atoms with E-state index >= 15 is 0 Å². The van der Waals surface area contributed by atoms with Crippen LogP contribution in [0.5, 0.6) is 0 Å². The van der Waals surface area contributed by atoms with Crippen LogP contribution in [0.15, 0.2) is 0 Å². The van der Waals surface area contributed by atoms with Gasteiger partial charge in [0.05, 0.1) is 6.17 Å². The third-order valence-electron chi connectivity index (χ3n) is 1.78. The molecule has 0 amide bonds. The summed E-state index contributed by atoms with van der Waals surface area (Å²) in [6.45, 7) is 2.13. The average molecular weight is 144 g/mol. The number of hydrogen-bond donors (Lipinski definition) is 4. The fourth-order valence-electron chi connectivity index (χ4n) is 1.26. The largest absolute Gasteiger partial charge is 0.305 e. The molecule has 1 aliphatic rings. The Morgan fingerprint density at radius 1 is 1.50 bits per heavy atom. The van der Waals surface area contributed by atoms with Crippen LogP contribution < -0.4 is 21.7 Å². The summed E-state index contributed by atoms with van der Waals surface area (Å²) in [7, 11) is 1.93. The molecule has 0 aliphatic carbocycles. The van der Waals surface area contributed by atoms with Crippen molar-refractivity contribution in [2.75, 3.05) is 7.05 Å². The zero-order valence-corrected chi connectivity index (χ0v) is 6.52. The van der Waals surface area contributed by atoms with Gasteiger partial charge < -0.3 is 11.1 Å². The van der Waals surface area contributed by atoms with E-state index in [1.807, 2.05) is 7.05 Å². The second kappa shape index (κ2) is 3.30. The van der Waals surface area contributed by atoms with Gasteiger partial charge in [-0.25, -0.2) is 0 Å².